The van der Waals surface area contributed by atoms with Gasteiger partial charge in [-0.05, 0) is 44.9 Å². The fourth-order valence-electron chi connectivity index (χ4n) is 2.34. The molecule has 2 rings (SSSR count). The Bertz CT molecular complexity index is 536. The lowest BCUT2D eigenvalue weighted by Crippen LogP contribution is -2.28. The predicted molar refractivity (Wildman–Crippen MR) is 79.3 cm³/mol. The zero-order valence-corrected chi connectivity index (χ0v) is 12.6. The molecule has 0 spiro atoms. The van der Waals surface area contributed by atoms with Gasteiger partial charge < -0.3 is 15.2 Å². The van der Waals surface area contributed by atoms with Crippen molar-refractivity contribution in [3.8, 4) is 0 Å². The first kappa shape index (κ1) is 15.5. The average molecular weight is 291 g/mol. The van der Waals surface area contributed by atoms with E-state index in [1.165, 1.54) is 0 Å². The van der Waals surface area contributed by atoms with Gasteiger partial charge in [-0.3, -0.25) is 9.59 Å². The molecule has 5 heteroatoms. The van der Waals surface area contributed by atoms with Crippen LogP contribution in [0.4, 0.5) is 5.69 Å². The van der Waals surface area contributed by atoms with Crippen molar-refractivity contribution in [2.45, 2.75) is 38.7 Å². The van der Waals surface area contributed by atoms with Crippen molar-refractivity contribution in [1.82, 2.24) is 0 Å². The number of nitrogens with one attached hydrogen (secondary N) is 1. The number of carbonyl (C=O) groups excluding carboxylic acids is 1. The summed E-state index contributed by atoms with van der Waals surface area (Å²) in [5.74, 6) is -1.05. The molecule has 0 radical (unpaired) electrons. The fourth-order valence-corrected chi connectivity index (χ4v) is 2.34. The first-order valence-electron chi connectivity index (χ1n) is 7.07. The van der Waals surface area contributed by atoms with Crippen LogP contribution in [0, 0.1) is 5.92 Å². The lowest BCUT2D eigenvalue weighted by molar-refractivity contribution is -0.142. The van der Waals surface area contributed by atoms with Gasteiger partial charge in [-0.15, -0.1) is 0 Å². The minimum Gasteiger partial charge on any atom is -0.481 e. The highest BCUT2D eigenvalue weighted by atomic mass is 16.5. The molecule has 0 bridgehead atoms. The summed E-state index contributed by atoms with van der Waals surface area (Å²) in [5, 5.41) is 12.0. The van der Waals surface area contributed by atoms with Gasteiger partial charge in [0, 0.05) is 5.69 Å². The quantitative estimate of drug-likeness (QED) is 0.893. The summed E-state index contributed by atoms with van der Waals surface area (Å²) in [5.41, 5.74) is 0.424. The molecule has 0 aliphatic carbocycles. The normalized spacial score (nSPS) is 22.0. The molecule has 5 nitrogen and oxygen atoms in total. The van der Waals surface area contributed by atoms with E-state index in [2.05, 4.69) is 5.32 Å². The number of ether oxygens (including phenoxy) is 1. The molecule has 2 N–H and O–H groups in total. The number of carboxylic acids is 1. The maximum atomic E-state index is 12.1. The van der Waals surface area contributed by atoms with Crippen molar-refractivity contribution in [2.75, 3.05) is 11.9 Å². The molecule has 1 amide bonds. The molecule has 1 aliphatic heterocycles. The Morgan fingerprint density at radius 3 is 2.38 bits per heavy atom. The fraction of sp³-hybridized carbons (Fsp3) is 0.500. The first-order chi connectivity index (χ1) is 9.80. The number of amides is 1. The van der Waals surface area contributed by atoms with E-state index in [4.69, 9.17) is 4.74 Å². The Labute approximate surface area is 124 Å². The SMILES string of the molecule is CC1CC(C(=O)Nc2ccc(C(C)(C)C(=O)O)cc2)CO1. The highest BCUT2D eigenvalue weighted by Gasteiger charge is 2.30. The van der Waals surface area contributed by atoms with Gasteiger partial charge >= 0.3 is 5.97 Å². The van der Waals surface area contributed by atoms with Crippen molar-refractivity contribution >= 4 is 17.6 Å². The molecule has 1 aliphatic rings. The minimum atomic E-state index is -0.947. The van der Waals surface area contributed by atoms with Crippen LogP contribution in [0.1, 0.15) is 32.8 Å². The number of aliphatic carboxylic acids is 1. The second-order valence-electron chi connectivity index (χ2n) is 6.07. The Morgan fingerprint density at radius 2 is 1.90 bits per heavy atom. The maximum absolute atomic E-state index is 12.1. The number of hydrogen-bond donors (Lipinski definition) is 2. The van der Waals surface area contributed by atoms with E-state index < -0.39 is 11.4 Å². The lowest BCUT2D eigenvalue weighted by Gasteiger charge is -2.20. The van der Waals surface area contributed by atoms with Crippen LogP contribution in [-0.4, -0.2) is 29.7 Å². The van der Waals surface area contributed by atoms with E-state index in [1.54, 1.807) is 38.1 Å². The molecule has 1 aromatic rings. The summed E-state index contributed by atoms with van der Waals surface area (Å²) in [4.78, 5) is 23.3. The number of hydrogen-bond acceptors (Lipinski definition) is 3. The Balaban J connectivity index is 2.03. The molecule has 21 heavy (non-hydrogen) atoms. The monoisotopic (exact) mass is 291 g/mol. The third-order valence-electron chi connectivity index (χ3n) is 3.98. The highest BCUT2D eigenvalue weighted by Crippen LogP contribution is 2.25. The molecule has 2 atom stereocenters. The van der Waals surface area contributed by atoms with Crippen LogP contribution in [0.3, 0.4) is 0 Å². The van der Waals surface area contributed by atoms with E-state index in [0.29, 0.717) is 17.9 Å². The molecular formula is C16H21NO4. The van der Waals surface area contributed by atoms with Gasteiger partial charge in [0.2, 0.25) is 5.91 Å². The van der Waals surface area contributed by atoms with Crippen molar-refractivity contribution in [2.24, 2.45) is 5.92 Å². The molecule has 1 heterocycles. The summed E-state index contributed by atoms with van der Waals surface area (Å²) in [7, 11) is 0. The summed E-state index contributed by atoms with van der Waals surface area (Å²) in [6.45, 7) is 5.72. The molecule has 1 aromatic carbocycles. The van der Waals surface area contributed by atoms with E-state index in [9.17, 15) is 14.7 Å². The minimum absolute atomic E-state index is 0.0513. The summed E-state index contributed by atoms with van der Waals surface area (Å²) >= 11 is 0. The van der Waals surface area contributed by atoms with Crippen molar-refractivity contribution in [3.63, 3.8) is 0 Å². The smallest absolute Gasteiger partial charge is 0.313 e. The zero-order chi connectivity index (χ0) is 15.6. The number of rotatable bonds is 4. The maximum Gasteiger partial charge on any atom is 0.313 e. The van der Waals surface area contributed by atoms with Gasteiger partial charge in [-0.2, -0.15) is 0 Å². The van der Waals surface area contributed by atoms with Gasteiger partial charge in [0.1, 0.15) is 0 Å². The zero-order valence-electron chi connectivity index (χ0n) is 12.6. The van der Waals surface area contributed by atoms with Gasteiger partial charge in [-0.25, -0.2) is 0 Å². The van der Waals surface area contributed by atoms with E-state index in [1.807, 2.05) is 6.92 Å². The van der Waals surface area contributed by atoms with Crippen LogP contribution in [0.2, 0.25) is 0 Å². The average Bonchev–Trinajstić information content (AvgIpc) is 2.86. The van der Waals surface area contributed by atoms with Gasteiger partial charge in [0.15, 0.2) is 0 Å². The van der Waals surface area contributed by atoms with Crippen molar-refractivity contribution in [1.29, 1.82) is 0 Å². The molecule has 1 saturated heterocycles. The summed E-state index contributed by atoms with van der Waals surface area (Å²) in [6.07, 6.45) is 0.857. The molecule has 0 saturated carbocycles. The molecule has 0 aromatic heterocycles. The van der Waals surface area contributed by atoms with Gasteiger partial charge in [-0.1, -0.05) is 12.1 Å². The van der Waals surface area contributed by atoms with Crippen molar-refractivity contribution < 1.29 is 19.4 Å². The standard InChI is InChI=1S/C16H21NO4/c1-10-8-11(9-21-10)14(18)17-13-6-4-12(5-7-13)16(2,3)15(19)20/h4-7,10-11H,8-9H2,1-3H3,(H,17,18)(H,19,20). The number of anilines is 1. The largest absolute Gasteiger partial charge is 0.481 e. The number of carbonyl (C=O) groups is 2. The molecule has 114 valence electrons. The molecule has 2 unspecified atom stereocenters. The van der Waals surface area contributed by atoms with Crippen LogP contribution in [0.5, 0.6) is 0 Å². The van der Waals surface area contributed by atoms with E-state index >= 15 is 0 Å². The second-order valence-corrected chi connectivity index (χ2v) is 6.07. The van der Waals surface area contributed by atoms with Crippen LogP contribution in [-0.2, 0) is 19.7 Å². The van der Waals surface area contributed by atoms with E-state index in [0.717, 1.165) is 6.42 Å². The Hall–Kier alpha value is -1.88. The third-order valence-corrected chi connectivity index (χ3v) is 3.98. The van der Waals surface area contributed by atoms with Crippen LogP contribution >= 0.6 is 0 Å². The van der Waals surface area contributed by atoms with Crippen LogP contribution < -0.4 is 5.32 Å². The number of carboxylic acid groups (broad SMARTS) is 1. The van der Waals surface area contributed by atoms with Crippen LogP contribution in [0.15, 0.2) is 24.3 Å². The topological polar surface area (TPSA) is 75.6 Å². The van der Waals surface area contributed by atoms with Gasteiger partial charge in [0.25, 0.3) is 0 Å². The van der Waals surface area contributed by atoms with Crippen molar-refractivity contribution in [3.05, 3.63) is 29.8 Å². The lowest BCUT2D eigenvalue weighted by atomic mass is 9.85. The summed E-state index contributed by atoms with van der Waals surface area (Å²) < 4.78 is 5.39. The Morgan fingerprint density at radius 1 is 1.29 bits per heavy atom. The highest BCUT2D eigenvalue weighted by molar-refractivity contribution is 5.93. The molecule has 1 fully saturated rings. The second kappa shape index (κ2) is 5.85. The first-order valence-corrected chi connectivity index (χ1v) is 7.07. The van der Waals surface area contributed by atoms with Crippen LogP contribution in [0.25, 0.3) is 0 Å². The Kier molecular flexibility index (Phi) is 4.32. The summed E-state index contributed by atoms with van der Waals surface area (Å²) in [6, 6.07) is 6.93. The molecular weight excluding hydrogens is 270 g/mol. The van der Waals surface area contributed by atoms with Gasteiger partial charge in [0.05, 0.1) is 24.0 Å². The predicted octanol–water partition coefficient (Wildman–Crippen LogP) is 2.41. The number of benzene rings is 1. The van der Waals surface area contributed by atoms with E-state index in [-0.39, 0.29) is 17.9 Å². The third kappa shape index (κ3) is 3.42.